The largest absolute Gasteiger partial charge is 0.360 e. The molecule has 0 spiro atoms. The fourth-order valence-electron chi connectivity index (χ4n) is 2.07. The van der Waals surface area contributed by atoms with Crippen molar-refractivity contribution in [3.05, 3.63) is 58.5 Å². The van der Waals surface area contributed by atoms with Gasteiger partial charge in [0.1, 0.15) is 10.7 Å². The van der Waals surface area contributed by atoms with Crippen LogP contribution in [0.2, 0.25) is 10.0 Å². The van der Waals surface area contributed by atoms with Crippen LogP contribution >= 0.6 is 23.2 Å². The maximum atomic E-state index is 13.8. The zero-order chi connectivity index (χ0) is 15.9. The average molecular weight is 359 g/mol. The number of benzene rings is 2. The molecule has 0 saturated heterocycles. The summed E-state index contributed by atoms with van der Waals surface area (Å²) in [5, 5.41) is 1.13. The van der Waals surface area contributed by atoms with Gasteiger partial charge in [0.2, 0.25) is 0 Å². The van der Waals surface area contributed by atoms with E-state index in [1.807, 2.05) is 0 Å². The Morgan fingerprint density at radius 3 is 2.45 bits per heavy atom. The summed E-state index contributed by atoms with van der Waals surface area (Å²) in [4.78, 5) is 2.83. The standard InChI is InChI=1S/C14H9Cl2FN2O2S/c15-8-2-4-12(11(17)5-8)19-22(20,21)14-7-18-13-6-9(16)1-3-10(13)14/h1-7,18-19H. The number of aromatic nitrogens is 1. The minimum Gasteiger partial charge on any atom is -0.360 e. The van der Waals surface area contributed by atoms with E-state index in [1.165, 1.54) is 18.3 Å². The lowest BCUT2D eigenvalue weighted by Crippen LogP contribution is -2.13. The molecule has 22 heavy (non-hydrogen) atoms. The van der Waals surface area contributed by atoms with Crippen molar-refractivity contribution in [1.29, 1.82) is 0 Å². The SMILES string of the molecule is O=S(=O)(Nc1ccc(Cl)cc1F)c1c[nH]c2cc(Cl)ccc12. The van der Waals surface area contributed by atoms with Crippen LogP contribution in [0.25, 0.3) is 10.9 Å². The quantitative estimate of drug-likeness (QED) is 0.728. The monoisotopic (exact) mass is 358 g/mol. The molecular formula is C14H9Cl2FN2O2S. The van der Waals surface area contributed by atoms with Crippen LogP contribution in [-0.2, 0) is 10.0 Å². The molecule has 0 unspecified atom stereocenters. The zero-order valence-electron chi connectivity index (χ0n) is 10.9. The third-order valence-electron chi connectivity index (χ3n) is 3.07. The van der Waals surface area contributed by atoms with E-state index in [1.54, 1.807) is 18.2 Å². The summed E-state index contributed by atoms with van der Waals surface area (Å²) in [6, 6.07) is 8.48. The van der Waals surface area contributed by atoms with Crippen LogP contribution < -0.4 is 4.72 Å². The molecule has 0 fully saturated rings. The first kappa shape index (κ1) is 15.1. The summed E-state index contributed by atoms with van der Waals surface area (Å²) in [7, 11) is -3.95. The molecule has 3 aromatic rings. The van der Waals surface area contributed by atoms with Crippen molar-refractivity contribution in [2.24, 2.45) is 0 Å². The summed E-state index contributed by atoms with van der Waals surface area (Å²) in [5.74, 6) is -0.751. The van der Waals surface area contributed by atoms with Crippen molar-refractivity contribution in [3.8, 4) is 0 Å². The Balaban J connectivity index is 2.05. The van der Waals surface area contributed by atoms with Crippen molar-refractivity contribution in [3.63, 3.8) is 0 Å². The second-order valence-electron chi connectivity index (χ2n) is 4.57. The highest BCUT2D eigenvalue weighted by molar-refractivity contribution is 7.93. The van der Waals surface area contributed by atoms with Crippen LogP contribution in [0.1, 0.15) is 0 Å². The number of hydrogen-bond donors (Lipinski definition) is 2. The van der Waals surface area contributed by atoms with Gasteiger partial charge in [-0.05, 0) is 36.4 Å². The number of halogens is 3. The topological polar surface area (TPSA) is 62.0 Å². The van der Waals surface area contributed by atoms with Crippen LogP contribution in [0, 0.1) is 5.82 Å². The van der Waals surface area contributed by atoms with E-state index in [2.05, 4.69) is 9.71 Å². The van der Waals surface area contributed by atoms with Crippen LogP contribution in [0.5, 0.6) is 0 Å². The number of rotatable bonds is 3. The molecule has 1 heterocycles. The predicted molar refractivity (Wildman–Crippen MR) is 85.5 cm³/mol. The van der Waals surface area contributed by atoms with E-state index in [4.69, 9.17) is 23.2 Å². The Morgan fingerprint density at radius 2 is 1.73 bits per heavy atom. The van der Waals surface area contributed by atoms with E-state index < -0.39 is 15.8 Å². The maximum absolute atomic E-state index is 13.8. The maximum Gasteiger partial charge on any atom is 0.264 e. The van der Waals surface area contributed by atoms with Gasteiger partial charge in [-0.1, -0.05) is 23.2 Å². The van der Waals surface area contributed by atoms with Gasteiger partial charge in [0.15, 0.2) is 0 Å². The van der Waals surface area contributed by atoms with E-state index in [0.717, 1.165) is 6.07 Å². The number of H-pyrrole nitrogens is 1. The van der Waals surface area contributed by atoms with Gasteiger partial charge in [0.25, 0.3) is 10.0 Å². The van der Waals surface area contributed by atoms with Gasteiger partial charge in [0, 0.05) is 27.1 Å². The molecule has 114 valence electrons. The van der Waals surface area contributed by atoms with Crippen molar-refractivity contribution < 1.29 is 12.8 Å². The number of anilines is 1. The third-order valence-corrected chi connectivity index (χ3v) is 4.95. The van der Waals surface area contributed by atoms with Crippen LogP contribution in [0.4, 0.5) is 10.1 Å². The summed E-state index contributed by atoms with van der Waals surface area (Å²) >= 11 is 11.5. The summed E-state index contributed by atoms with van der Waals surface area (Å²) in [6.45, 7) is 0. The lowest BCUT2D eigenvalue weighted by atomic mass is 10.2. The van der Waals surface area contributed by atoms with E-state index in [0.29, 0.717) is 15.9 Å². The highest BCUT2D eigenvalue weighted by Gasteiger charge is 2.20. The van der Waals surface area contributed by atoms with Crippen LogP contribution in [0.15, 0.2) is 47.5 Å². The molecule has 0 aliphatic heterocycles. The van der Waals surface area contributed by atoms with Gasteiger partial charge in [0.05, 0.1) is 5.69 Å². The minimum atomic E-state index is -3.95. The number of hydrogen-bond acceptors (Lipinski definition) is 2. The fraction of sp³-hybridized carbons (Fsp3) is 0. The second kappa shape index (κ2) is 5.46. The average Bonchev–Trinajstić information content (AvgIpc) is 2.85. The molecule has 3 rings (SSSR count). The molecule has 2 aromatic carbocycles. The normalized spacial score (nSPS) is 11.8. The Hall–Kier alpha value is -1.76. The number of fused-ring (bicyclic) bond motifs is 1. The third kappa shape index (κ3) is 2.77. The number of nitrogens with one attached hydrogen (secondary N) is 2. The summed E-state index contributed by atoms with van der Waals surface area (Å²) < 4.78 is 40.8. The predicted octanol–water partition coefficient (Wildman–Crippen LogP) is 4.41. The first-order valence-electron chi connectivity index (χ1n) is 6.11. The first-order chi connectivity index (χ1) is 10.4. The Bertz CT molecular complexity index is 970. The van der Waals surface area contributed by atoms with Gasteiger partial charge in [-0.3, -0.25) is 4.72 Å². The molecule has 2 N–H and O–H groups in total. The molecule has 0 atom stereocenters. The summed E-state index contributed by atoms with van der Waals surface area (Å²) in [5.41, 5.74) is 0.400. The zero-order valence-corrected chi connectivity index (χ0v) is 13.2. The Morgan fingerprint density at radius 1 is 1.05 bits per heavy atom. The minimum absolute atomic E-state index is 0.00789. The first-order valence-corrected chi connectivity index (χ1v) is 8.35. The van der Waals surface area contributed by atoms with Crippen molar-refractivity contribution in [1.82, 2.24) is 4.98 Å². The smallest absolute Gasteiger partial charge is 0.264 e. The number of aromatic amines is 1. The molecule has 8 heteroatoms. The molecule has 0 saturated carbocycles. The lowest BCUT2D eigenvalue weighted by Gasteiger charge is -2.08. The van der Waals surface area contributed by atoms with Crippen LogP contribution in [0.3, 0.4) is 0 Å². The number of sulfonamides is 1. The van der Waals surface area contributed by atoms with E-state index in [9.17, 15) is 12.8 Å². The molecular weight excluding hydrogens is 350 g/mol. The van der Waals surface area contributed by atoms with Gasteiger partial charge in [-0.2, -0.15) is 0 Å². The van der Waals surface area contributed by atoms with Gasteiger partial charge in [-0.25, -0.2) is 12.8 Å². The van der Waals surface area contributed by atoms with E-state index >= 15 is 0 Å². The van der Waals surface area contributed by atoms with E-state index in [-0.39, 0.29) is 15.6 Å². The molecule has 0 amide bonds. The van der Waals surface area contributed by atoms with Gasteiger partial charge < -0.3 is 4.98 Å². The van der Waals surface area contributed by atoms with Crippen molar-refractivity contribution in [2.75, 3.05) is 4.72 Å². The highest BCUT2D eigenvalue weighted by atomic mass is 35.5. The van der Waals surface area contributed by atoms with Crippen molar-refractivity contribution >= 4 is 49.8 Å². The van der Waals surface area contributed by atoms with Crippen LogP contribution in [-0.4, -0.2) is 13.4 Å². The lowest BCUT2D eigenvalue weighted by molar-refractivity contribution is 0.599. The molecule has 0 aliphatic carbocycles. The van der Waals surface area contributed by atoms with Gasteiger partial charge in [-0.15, -0.1) is 0 Å². The summed E-state index contributed by atoms with van der Waals surface area (Å²) in [6.07, 6.45) is 1.33. The fourth-order valence-corrected chi connectivity index (χ4v) is 3.64. The molecule has 4 nitrogen and oxygen atoms in total. The molecule has 0 radical (unpaired) electrons. The second-order valence-corrected chi connectivity index (χ2v) is 7.10. The van der Waals surface area contributed by atoms with Crippen molar-refractivity contribution in [2.45, 2.75) is 4.90 Å². The molecule has 0 bridgehead atoms. The molecule has 0 aliphatic rings. The molecule has 1 aromatic heterocycles. The Labute approximate surface area is 135 Å². The highest BCUT2D eigenvalue weighted by Crippen LogP contribution is 2.28. The van der Waals surface area contributed by atoms with Gasteiger partial charge >= 0.3 is 0 Å². The Kier molecular flexibility index (Phi) is 3.76.